The number of rotatable bonds is 7. The number of hydrogen-bond donors (Lipinski definition) is 1. The molecule has 21 heavy (non-hydrogen) atoms. The molecule has 0 aliphatic carbocycles. The van der Waals surface area contributed by atoms with E-state index < -0.39 is 17.7 Å². The molecule has 1 aromatic carbocycles. The summed E-state index contributed by atoms with van der Waals surface area (Å²) in [6, 6.07) is 4.78. The average molecular weight is 304 g/mol. The lowest BCUT2D eigenvalue weighted by molar-refractivity contribution is -0.138. The summed E-state index contributed by atoms with van der Waals surface area (Å²) in [4.78, 5) is 14.4. The van der Waals surface area contributed by atoms with Gasteiger partial charge in [0.1, 0.15) is 0 Å². The summed E-state index contributed by atoms with van der Waals surface area (Å²) in [6.07, 6.45) is -4.43. The molecule has 4 nitrogen and oxygen atoms in total. The maximum Gasteiger partial charge on any atom is 0.416 e. The highest BCUT2D eigenvalue weighted by Crippen LogP contribution is 2.30. The Hall–Kier alpha value is -1.76. The molecule has 0 unspecified atom stereocenters. The quantitative estimate of drug-likeness (QED) is 0.841. The molecule has 7 heteroatoms. The van der Waals surface area contributed by atoms with E-state index in [9.17, 15) is 18.0 Å². The Kier molecular flexibility index (Phi) is 6.02. The van der Waals surface area contributed by atoms with Gasteiger partial charge in [-0.25, -0.2) is 0 Å². The molecule has 0 spiro atoms. The van der Waals surface area contributed by atoms with E-state index in [1.165, 1.54) is 12.1 Å². The van der Waals surface area contributed by atoms with Crippen LogP contribution in [0.1, 0.15) is 12.0 Å². The van der Waals surface area contributed by atoms with Gasteiger partial charge in [0.25, 0.3) is 0 Å². The Balaban J connectivity index is 2.83. The van der Waals surface area contributed by atoms with E-state index in [1.54, 1.807) is 4.90 Å². The van der Waals surface area contributed by atoms with Crippen LogP contribution < -0.4 is 4.90 Å². The van der Waals surface area contributed by atoms with Crippen molar-refractivity contribution in [2.24, 2.45) is 0 Å². The van der Waals surface area contributed by atoms with Gasteiger partial charge in [-0.05, 0) is 38.4 Å². The van der Waals surface area contributed by atoms with Gasteiger partial charge in [0.05, 0.1) is 12.0 Å². The van der Waals surface area contributed by atoms with Crippen molar-refractivity contribution in [2.45, 2.75) is 12.6 Å². The highest BCUT2D eigenvalue weighted by atomic mass is 19.4. The molecule has 0 bridgehead atoms. The first-order chi connectivity index (χ1) is 9.70. The van der Waals surface area contributed by atoms with Crippen molar-refractivity contribution in [1.29, 1.82) is 0 Å². The van der Waals surface area contributed by atoms with Crippen molar-refractivity contribution in [1.82, 2.24) is 4.90 Å². The van der Waals surface area contributed by atoms with Crippen LogP contribution in [0.15, 0.2) is 24.3 Å². The second-order valence-electron chi connectivity index (χ2n) is 4.98. The number of benzene rings is 1. The number of carboxylic acid groups (broad SMARTS) is 1. The van der Waals surface area contributed by atoms with Crippen molar-refractivity contribution < 1.29 is 23.1 Å². The number of hydrogen-bond acceptors (Lipinski definition) is 3. The molecular weight excluding hydrogens is 285 g/mol. The normalized spacial score (nSPS) is 11.7. The molecule has 1 N–H and O–H groups in total. The van der Waals surface area contributed by atoms with Gasteiger partial charge >= 0.3 is 12.1 Å². The molecule has 0 saturated heterocycles. The molecule has 1 rings (SSSR count). The van der Waals surface area contributed by atoms with Gasteiger partial charge in [-0.15, -0.1) is 0 Å². The van der Waals surface area contributed by atoms with E-state index >= 15 is 0 Å². The van der Waals surface area contributed by atoms with E-state index in [1.807, 2.05) is 19.0 Å². The van der Waals surface area contributed by atoms with Crippen LogP contribution >= 0.6 is 0 Å². The molecule has 0 aromatic heterocycles. The molecule has 0 aliphatic rings. The number of nitrogens with zero attached hydrogens (tertiary/aromatic N) is 2. The molecule has 0 heterocycles. The highest BCUT2D eigenvalue weighted by Gasteiger charge is 2.30. The van der Waals surface area contributed by atoms with Gasteiger partial charge in [0.2, 0.25) is 0 Å². The van der Waals surface area contributed by atoms with Crippen LogP contribution in [0.3, 0.4) is 0 Å². The van der Waals surface area contributed by atoms with Crippen LogP contribution in [0, 0.1) is 0 Å². The van der Waals surface area contributed by atoms with E-state index in [0.717, 1.165) is 12.1 Å². The van der Waals surface area contributed by atoms with Crippen molar-refractivity contribution in [3.05, 3.63) is 29.8 Å². The molecular formula is C14H19F3N2O2. The largest absolute Gasteiger partial charge is 0.481 e. The van der Waals surface area contributed by atoms with Crippen molar-refractivity contribution >= 4 is 11.7 Å². The first-order valence-electron chi connectivity index (χ1n) is 6.49. The van der Waals surface area contributed by atoms with Crippen LogP contribution in [-0.4, -0.2) is 49.7 Å². The minimum atomic E-state index is -4.37. The zero-order valence-corrected chi connectivity index (χ0v) is 12.0. The van der Waals surface area contributed by atoms with Crippen LogP contribution in [-0.2, 0) is 11.0 Å². The van der Waals surface area contributed by atoms with Crippen LogP contribution in [0.4, 0.5) is 18.9 Å². The third-order valence-electron chi connectivity index (χ3n) is 2.97. The molecule has 0 aliphatic heterocycles. The Bertz CT molecular complexity index is 458. The molecule has 0 saturated carbocycles. The predicted octanol–water partition coefficient (Wildman–Crippen LogP) is 2.55. The molecule has 0 fully saturated rings. The monoisotopic (exact) mass is 304 g/mol. The third kappa shape index (κ3) is 6.03. The van der Waals surface area contributed by atoms with Crippen LogP contribution in [0.2, 0.25) is 0 Å². The summed E-state index contributed by atoms with van der Waals surface area (Å²) >= 11 is 0. The number of alkyl halides is 3. The first-order valence-corrected chi connectivity index (χ1v) is 6.49. The van der Waals surface area contributed by atoms with Crippen LogP contribution in [0.25, 0.3) is 0 Å². The number of carbonyl (C=O) groups is 1. The Morgan fingerprint density at radius 2 is 1.67 bits per heavy atom. The Morgan fingerprint density at radius 3 is 2.10 bits per heavy atom. The zero-order valence-electron chi connectivity index (χ0n) is 12.0. The fraction of sp³-hybridized carbons (Fsp3) is 0.500. The number of likely N-dealkylation sites (N-methyl/N-ethyl adjacent to an activating group) is 1. The highest BCUT2D eigenvalue weighted by molar-refractivity contribution is 5.67. The van der Waals surface area contributed by atoms with Gasteiger partial charge < -0.3 is 14.9 Å². The summed E-state index contributed by atoms with van der Waals surface area (Å²) in [5, 5.41) is 8.75. The Labute approximate surface area is 121 Å². The van der Waals surface area contributed by atoms with E-state index in [0.29, 0.717) is 18.8 Å². The molecule has 1 aromatic rings. The van der Waals surface area contributed by atoms with Gasteiger partial charge in [0, 0.05) is 25.3 Å². The second kappa shape index (κ2) is 7.31. The summed E-state index contributed by atoms with van der Waals surface area (Å²) in [5.41, 5.74) is -0.122. The Morgan fingerprint density at radius 1 is 1.10 bits per heavy atom. The first kappa shape index (κ1) is 17.3. The maximum atomic E-state index is 12.5. The second-order valence-corrected chi connectivity index (χ2v) is 4.98. The summed E-state index contributed by atoms with van der Waals surface area (Å²) in [5.74, 6) is -0.934. The smallest absolute Gasteiger partial charge is 0.416 e. The summed E-state index contributed by atoms with van der Waals surface area (Å²) < 4.78 is 37.6. The number of anilines is 1. The third-order valence-corrected chi connectivity index (χ3v) is 2.97. The van der Waals surface area contributed by atoms with Crippen molar-refractivity contribution in [3.63, 3.8) is 0 Å². The summed E-state index contributed by atoms with van der Waals surface area (Å²) in [7, 11) is 3.75. The topological polar surface area (TPSA) is 43.8 Å². The average Bonchev–Trinajstić information content (AvgIpc) is 2.37. The van der Waals surface area contributed by atoms with Crippen molar-refractivity contribution in [2.75, 3.05) is 38.6 Å². The number of aliphatic carboxylic acids is 1. The minimum Gasteiger partial charge on any atom is -0.481 e. The number of halogens is 3. The fourth-order valence-electron chi connectivity index (χ4n) is 1.78. The zero-order chi connectivity index (χ0) is 16.0. The van der Waals surface area contributed by atoms with E-state index in [2.05, 4.69) is 0 Å². The SMILES string of the molecule is CN(C)CCN(CCC(=O)O)c1ccc(C(F)(F)F)cc1. The van der Waals surface area contributed by atoms with Gasteiger partial charge in [-0.1, -0.05) is 0 Å². The molecule has 0 amide bonds. The van der Waals surface area contributed by atoms with Gasteiger partial charge in [0.15, 0.2) is 0 Å². The lowest BCUT2D eigenvalue weighted by Gasteiger charge is -2.26. The van der Waals surface area contributed by atoms with Gasteiger partial charge in [-0.2, -0.15) is 13.2 Å². The lowest BCUT2D eigenvalue weighted by Crippen LogP contribution is -2.33. The molecule has 0 atom stereocenters. The lowest BCUT2D eigenvalue weighted by atomic mass is 10.2. The number of carboxylic acids is 1. The van der Waals surface area contributed by atoms with Crippen molar-refractivity contribution in [3.8, 4) is 0 Å². The summed E-state index contributed by atoms with van der Waals surface area (Å²) in [6.45, 7) is 1.49. The molecule has 118 valence electrons. The van der Waals surface area contributed by atoms with Crippen LogP contribution in [0.5, 0.6) is 0 Å². The minimum absolute atomic E-state index is 0.0611. The van der Waals surface area contributed by atoms with E-state index in [4.69, 9.17) is 5.11 Å². The van der Waals surface area contributed by atoms with E-state index in [-0.39, 0.29) is 13.0 Å². The predicted molar refractivity (Wildman–Crippen MR) is 74.5 cm³/mol. The molecule has 0 radical (unpaired) electrons. The maximum absolute atomic E-state index is 12.5. The standard InChI is InChI=1S/C14H19F3N2O2/c1-18(2)9-10-19(8-7-13(20)21)12-5-3-11(4-6-12)14(15,16)17/h3-6H,7-10H2,1-2H3,(H,20,21). The fourth-order valence-corrected chi connectivity index (χ4v) is 1.78. The van der Waals surface area contributed by atoms with Gasteiger partial charge in [-0.3, -0.25) is 4.79 Å².